The van der Waals surface area contributed by atoms with Crippen LogP contribution in [0.5, 0.6) is 0 Å². The van der Waals surface area contributed by atoms with Crippen LogP contribution in [0.1, 0.15) is 56.7 Å². The van der Waals surface area contributed by atoms with E-state index in [1.54, 1.807) is 0 Å². The minimum absolute atomic E-state index is 0.142. The maximum absolute atomic E-state index is 5.01. The molecule has 148 valence electrons. The van der Waals surface area contributed by atoms with Crippen molar-refractivity contribution in [3.63, 3.8) is 0 Å². The first-order valence-electron chi connectivity index (χ1n) is 10.1. The van der Waals surface area contributed by atoms with E-state index < -0.39 is 0 Å². The van der Waals surface area contributed by atoms with E-state index in [0.29, 0.717) is 5.92 Å². The molecule has 3 aromatic rings. The standard InChI is InChI=1S/C25H28N4/c1-16(2)22-13-24-23(14-26-22)27-25(21-12-17(3)18(4)28(6)15-21)29(24)19(5)20-10-8-7-9-11-20/h7-16,19H,4H2,1-3,5-6H3/t19-/m0/s1. The molecular weight excluding hydrogens is 356 g/mol. The van der Waals surface area contributed by atoms with E-state index in [-0.39, 0.29) is 6.04 Å². The van der Waals surface area contributed by atoms with Gasteiger partial charge in [-0.1, -0.05) is 50.8 Å². The lowest BCUT2D eigenvalue weighted by Crippen LogP contribution is -2.17. The molecule has 29 heavy (non-hydrogen) atoms. The molecule has 0 N–H and O–H groups in total. The topological polar surface area (TPSA) is 34.0 Å². The molecule has 0 amide bonds. The SMILES string of the molecule is C=C1C(C)=CC(c2nc3cnc(C(C)C)cc3n2[C@@H](C)c2ccccc2)=CN1C. The lowest BCUT2D eigenvalue weighted by molar-refractivity contribution is 0.575. The summed E-state index contributed by atoms with van der Waals surface area (Å²) in [4.78, 5) is 11.7. The molecule has 0 spiro atoms. The second-order valence-corrected chi connectivity index (χ2v) is 8.11. The molecular formula is C25H28N4. The minimum atomic E-state index is 0.142. The average Bonchev–Trinajstić information content (AvgIpc) is 3.10. The Bertz CT molecular complexity index is 1130. The molecule has 1 atom stereocenters. The zero-order chi connectivity index (χ0) is 20.7. The number of hydrogen-bond acceptors (Lipinski definition) is 3. The maximum Gasteiger partial charge on any atom is 0.143 e. The number of pyridine rings is 1. The molecule has 0 fully saturated rings. The Balaban J connectivity index is 1.97. The van der Waals surface area contributed by atoms with Gasteiger partial charge in [-0.3, -0.25) is 4.98 Å². The number of hydrogen-bond donors (Lipinski definition) is 0. The molecule has 2 aromatic heterocycles. The first kappa shape index (κ1) is 19.2. The fourth-order valence-corrected chi connectivity index (χ4v) is 3.85. The molecule has 0 radical (unpaired) electrons. The van der Waals surface area contributed by atoms with Gasteiger partial charge in [-0.25, -0.2) is 4.98 Å². The molecule has 1 aliphatic heterocycles. The quantitative estimate of drug-likeness (QED) is 0.561. The highest BCUT2D eigenvalue weighted by Gasteiger charge is 2.22. The van der Waals surface area contributed by atoms with Crippen LogP contribution < -0.4 is 0 Å². The minimum Gasteiger partial charge on any atom is -0.351 e. The Labute approximate surface area is 172 Å². The first-order valence-corrected chi connectivity index (χ1v) is 10.1. The lowest BCUT2D eigenvalue weighted by Gasteiger charge is -2.25. The summed E-state index contributed by atoms with van der Waals surface area (Å²) in [6.45, 7) is 12.8. The highest BCUT2D eigenvalue weighted by Crippen LogP contribution is 2.33. The third-order valence-corrected chi connectivity index (χ3v) is 5.70. The predicted octanol–water partition coefficient (Wildman–Crippen LogP) is 5.91. The van der Waals surface area contributed by atoms with Gasteiger partial charge in [0.05, 0.1) is 17.8 Å². The van der Waals surface area contributed by atoms with E-state index in [9.17, 15) is 0 Å². The Morgan fingerprint density at radius 2 is 1.79 bits per heavy atom. The molecule has 0 bridgehead atoms. The monoisotopic (exact) mass is 384 g/mol. The van der Waals surface area contributed by atoms with Gasteiger partial charge in [0.1, 0.15) is 11.3 Å². The van der Waals surface area contributed by atoms with Crippen molar-refractivity contribution >= 4 is 16.6 Å². The van der Waals surface area contributed by atoms with Gasteiger partial charge >= 0.3 is 0 Å². The number of fused-ring (bicyclic) bond motifs is 1. The zero-order valence-electron chi connectivity index (χ0n) is 17.8. The zero-order valence-corrected chi connectivity index (χ0v) is 17.8. The van der Waals surface area contributed by atoms with Crippen LogP contribution in [-0.4, -0.2) is 26.5 Å². The van der Waals surface area contributed by atoms with Gasteiger partial charge in [0, 0.05) is 30.2 Å². The van der Waals surface area contributed by atoms with E-state index in [0.717, 1.165) is 39.4 Å². The highest BCUT2D eigenvalue weighted by molar-refractivity contribution is 5.83. The first-order chi connectivity index (χ1) is 13.9. The van der Waals surface area contributed by atoms with Crippen LogP contribution in [0.25, 0.3) is 16.6 Å². The Hall–Kier alpha value is -3.14. The van der Waals surface area contributed by atoms with Gasteiger partial charge in [-0.05, 0) is 43.0 Å². The van der Waals surface area contributed by atoms with Gasteiger partial charge in [-0.15, -0.1) is 0 Å². The summed E-state index contributed by atoms with van der Waals surface area (Å²) >= 11 is 0. The number of rotatable bonds is 4. The third-order valence-electron chi connectivity index (χ3n) is 5.70. The average molecular weight is 385 g/mol. The van der Waals surface area contributed by atoms with Gasteiger partial charge in [-0.2, -0.15) is 0 Å². The second-order valence-electron chi connectivity index (χ2n) is 8.11. The van der Waals surface area contributed by atoms with E-state index in [1.165, 1.54) is 5.56 Å². The molecule has 1 aliphatic rings. The van der Waals surface area contributed by atoms with E-state index in [1.807, 2.05) is 13.2 Å². The number of nitrogens with zero attached hydrogens (tertiary/aromatic N) is 4. The number of aromatic nitrogens is 3. The predicted molar refractivity (Wildman–Crippen MR) is 121 cm³/mol. The molecule has 4 nitrogen and oxygen atoms in total. The van der Waals surface area contributed by atoms with Crippen molar-refractivity contribution in [1.29, 1.82) is 0 Å². The number of likely N-dealkylation sites (N-methyl/N-ethyl adjacent to an activating group) is 1. The summed E-state index contributed by atoms with van der Waals surface area (Å²) in [6, 6.07) is 12.9. The van der Waals surface area contributed by atoms with E-state index in [4.69, 9.17) is 4.98 Å². The molecule has 4 rings (SSSR count). The third kappa shape index (κ3) is 3.39. The molecule has 0 saturated carbocycles. The molecule has 3 heterocycles. The molecule has 4 heteroatoms. The Morgan fingerprint density at radius 3 is 2.45 bits per heavy atom. The van der Waals surface area contributed by atoms with Crippen molar-refractivity contribution in [2.24, 2.45) is 0 Å². The summed E-state index contributed by atoms with van der Waals surface area (Å²) in [5.41, 5.74) is 7.63. The Kier molecular flexibility index (Phi) is 4.87. The number of imidazole rings is 1. The smallest absolute Gasteiger partial charge is 0.143 e. The summed E-state index contributed by atoms with van der Waals surface area (Å²) in [7, 11) is 2.03. The second kappa shape index (κ2) is 7.36. The van der Waals surface area contributed by atoms with Gasteiger partial charge in [0.15, 0.2) is 0 Å². The van der Waals surface area contributed by atoms with E-state index >= 15 is 0 Å². The van der Waals surface area contributed by atoms with Crippen LogP contribution in [-0.2, 0) is 0 Å². The fraction of sp³-hybridized carbons (Fsp3) is 0.280. The summed E-state index contributed by atoms with van der Waals surface area (Å²) in [5.74, 6) is 1.32. The van der Waals surface area contributed by atoms with Crippen molar-refractivity contribution in [2.75, 3.05) is 7.05 Å². The molecule has 0 unspecified atom stereocenters. The van der Waals surface area contributed by atoms with Crippen LogP contribution in [0, 0.1) is 0 Å². The molecule has 1 aromatic carbocycles. The summed E-state index contributed by atoms with van der Waals surface area (Å²) in [6.07, 6.45) is 6.20. The summed E-state index contributed by atoms with van der Waals surface area (Å²) in [5, 5.41) is 0. The van der Waals surface area contributed by atoms with Crippen LogP contribution in [0.3, 0.4) is 0 Å². The van der Waals surface area contributed by atoms with Crippen molar-refractivity contribution in [2.45, 2.75) is 39.7 Å². The maximum atomic E-state index is 5.01. The highest BCUT2D eigenvalue weighted by atomic mass is 15.1. The summed E-state index contributed by atoms with van der Waals surface area (Å²) < 4.78 is 2.34. The number of allylic oxidation sites excluding steroid dienone is 3. The van der Waals surface area contributed by atoms with Gasteiger partial charge < -0.3 is 9.47 Å². The van der Waals surface area contributed by atoms with Crippen LogP contribution in [0.15, 0.2) is 72.7 Å². The lowest BCUT2D eigenvalue weighted by atomic mass is 10.0. The van der Waals surface area contributed by atoms with E-state index in [2.05, 4.69) is 97.4 Å². The van der Waals surface area contributed by atoms with Crippen molar-refractivity contribution in [3.05, 3.63) is 89.8 Å². The van der Waals surface area contributed by atoms with Crippen LogP contribution in [0.2, 0.25) is 0 Å². The normalized spacial score (nSPS) is 15.7. The van der Waals surface area contributed by atoms with Crippen molar-refractivity contribution in [1.82, 2.24) is 19.4 Å². The number of benzene rings is 1. The molecule has 0 saturated heterocycles. The van der Waals surface area contributed by atoms with Crippen molar-refractivity contribution in [3.8, 4) is 0 Å². The van der Waals surface area contributed by atoms with Gasteiger partial charge in [0.25, 0.3) is 0 Å². The Morgan fingerprint density at radius 1 is 1.07 bits per heavy atom. The van der Waals surface area contributed by atoms with Crippen LogP contribution in [0.4, 0.5) is 0 Å². The fourth-order valence-electron chi connectivity index (χ4n) is 3.85. The van der Waals surface area contributed by atoms with Gasteiger partial charge in [0.2, 0.25) is 0 Å². The van der Waals surface area contributed by atoms with Crippen molar-refractivity contribution < 1.29 is 0 Å². The largest absolute Gasteiger partial charge is 0.351 e. The van der Waals surface area contributed by atoms with Crippen LogP contribution >= 0.6 is 0 Å². The molecule has 0 aliphatic carbocycles.